The minimum Gasteiger partial charge on any atom is -0.352 e. The van der Waals surface area contributed by atoms with Gasteiger partial charge in [-0.3, -0.25) is 4.79 Å². The minimum atomic E-state index is -0.215. The number of aromatic nitrogens is 3. The van der Waals surface area contributed by atoms with E-state index in [2.05, 4.69) is 20.3 Å². The molecule has 0 spiro atoms. The van der Waals surface area contributed by atoms with Crippen LogP contribution in [0.25, 0.3) is 11.0 Å². The third-order valence-corrected chi connectivity index (χ3v) is 3.26. The summed E-state index contributed by atoms with van der Waals surface area (Å²) in [4.78, 5) is 22.4. The number of carbonyl (C=O) groups excluding carboxylic acids is 1. The van der Waals surface area contributed by atoms with Crippen molar-refractivity contribution in [2.24, 2.45) is 0 Å². The molecule has 0 fully saturated rings. The van der Waals surface area contributed by atoms with Gasteiger partial charge in [-0.25, -0.2) is 4.98 Å². The van der Waals surface area contributed by atoms with Crippen molar-refractivity contribution in [2.45, 2.75) is 6.54 Å². The minimum absolute atomic E-state index is 0.215. The summed E-state index contributed by atoms with van der Waals surface area (Å²) in [5.74, 6) is 0.498. The molecule has 0 atom stereocenters. The Morgan fingerprint density at radius 2 is 2.10 bits per heavy atom. The van der Waals surface area contributed by atoms with Crippen molar-refractivity contribution in [2.75, 3.05) is 0 Å². The van der Waals surface area contributed by atoms with Crippen LogP contribution in [0.5, 0.6) is 0 Å². The Bertz CT molecular complexity index is 788. The highest BCUT2D eigenvalue weighted by molar-refractivity contribution is 7.71. The number of hydrogen-bond donors (Lipinski definition) is 3. The third-order valence-electron chi connectivity index (χ3n) is 2.92. The first-order valence-electron chi connectivity index (χ1n) is 6.13. The van der Waals surface area contributed by atoms with Crippen molar-refractivity contribution in [3.63, 3.8) is 0 Å². The van der Waals surface area contributed by atoms with Crippen molar-refractivity contribution in [1.82, 2.24) is 20.3 Å². The molecule has 0 saturated heterocycles. The Morgan fingerprint density at radius 3 is 2.90 bits per heavy atom. The molecule has 0 saturated carbocycles. The molecule has 0 radical (unpaired) electrons. The smallest absolute Gasteiger partial charge is 0.254 e. The number of amides is 1. The molecule has 6 heteroatoms. The van der Waals surface area contributed by atoms with Gasteiger partial charge in [0.15, 0.2) is 0 Å². The largest absolute Gasteiger partial charge is 0.352 e. The maximum absolute atomic E-state index is 12.0. The molecule has 3 N–H and O–H groups in total. The standard InChI is InChI=1S/C14H12N4OS/c19-13(9-4-3-7-15-14(9)20)16-8-12-17-10-5-1-2-6-11(10)18-12/h1-7H,8H2,(H,15,20)(H,16,19)(H,17,18). The van der Waals surface area contributed by atoms with Gasteiger partial charge >= 0.3 is 0 Å². The van der Waals surface area contributed by atoms with E-state index in [9.17, 15) is 4.79 Å². The number of nitrogens with zero attached hydrogens (tertiary/aromatic N) is 1. The van der Waals surface area contributed by atoms with Crippen molar-refractivity contribution in [1.29, 1.82) is 0 Å². The number of imidazole rings is 1. The zero-order valence-corrected chi connectivity index (χ0v) is 11.3. The van der Waals surface area contributed by atoms with E-state index in [0.717, 1.165) is 11.0 Å². The van der Waals surface area contributed by atoms with Crippen molar-refractivity contribution < 1.29 is 4.79 Å². The van der Waals surface area contributed by atoms with Gasteiger partial charge in [0.05, 0.1) is 23.1 Å². The number of pyridine rings is 1. The molecule has 0 aliphatic rings. The monoisotopic (exact) mass is 284 g/mol. The van der Waals surface area contributed by atoms with Gasteiger partial charge in [-0.05, 0) is 24.3 Å². The molecule has 0 unspecified atom stereocenters. The zero-order valence-electron chi connectivity index (χ0n) is 10.5. The van der Waals surface area contributed by atoms with E-state index in [1.54, 1.807) is 18.3 Å². The van der Waals surface area contributed by atoms with Crippen LogP contribution in [0, 0.1) is 4.64 Å². The summed E-state index contributed by atoms with van der Waals surface area (Å²) in [6.07, 6.45) is 1.69. The van der Waals surface area contributed by atoms with E-state index in [1.165, 1.54) is 0 Å². The summed E-state index contributed by atoms with van der Waals surface area (Å²) >= 11 is 5.07. The fraction of sp³-hybridized carbons (Fsp3) is 0.0714. The Balaban J connectivity index is 1.75. The van der Waals surface area contributed by atoms with Crippen LogP contribution in [0.2, 0.25) is 0 Å². The van der Waals surface area contributed by atoms with Crippen LogP contribution in [0.3, 0.4) is 0 Å². The van der Waals surface area contributed by atoms with Gasteiger partial charge < -0.3 is 15.3 Å². The molecular weight excluding hydrogens is 272 g/mol. The number of H-pyrrole nitrogens is 2. The number of rotatable bonds is 3. The highest BCUT2D eigenvalue weighted by Crippen LogP contribution is 2.10. The molecule has 3 aromatic rings. The summed E-state index contributed by atoms with van der Waals surface area (Å²) in [5, 5.41) is 2.80. The lowest BCUT2D eigenvalue weighted by atomic mass is 10.3. The molecule has 20 heavy (non-hydrogen) atoms. The van der Waals surface area contributed by atoms with Gasteiger partial charge in [0.1, 0.15) is 10.5 Å². The summed E-state index contributed by atoms with van der Waals surface area (Å²) in [7, 11) is 0. The number of fused-ring (bicyclic) bond motifs is 1. The van der Waals surface area contributed by atoms with Crippen molar-refractivity contribution >= 4 is 29.2 Å². The van der Waals surface area contributed by atoms with E-state index < -0.39 is 0 Å². The normalized spacial score (nSPS) is 10.6. The first-order valence-corrected chi connectivity index (χ1v) is 6.54. The maximum atomic E-state index is 12.0. The van der Waals surface area contributed by atoms with Gasteiger partial charge in [0.2, 0.25) is 0 Å². The maximum Gasteiger partial charge on any atom is 0.254 e. The van der Waals surface area contributed by atoms with E-state index >= 15 is 0 Å². The molecule has 100 valence electrons. The Hall–Kier alpha value is -2.47. The predicted molar refractivity (Wildman–Crippen MR) is 78.9 cm³/mol. The van der Waals surface area contributed by atoms with Crippen molar-refractivity contribution in [3.8, 4) is 0 Å². The molecule has 2 aromatic heterocycles. The third kappa shape index (κ3) is 2.46. The highest BCUT2D eigenvalue weighted by Gasteiger charge is 2.08. The number of hydrogen-bond acceptors (Lipinski definition) is 3. The number of para-hydroxylation sites is 2. The molecule has 1 aromatic carbocycles. The number of benzene rings is 1. The topological polar surface area (TPSA) is 73.6 Å². The van der Waals surface area contributed by atoms with Crippen LogP contribution in [-0.4, -0.2) is 20.9 Å². The Labute approximate surface area is 120 Å². The lowest BCUT2D eigenvalue weighted by Crippen LogP contribution is -2.23. The van der Waals surface area contributed by atoms with Crippen molar-refractivity contribution in [3.05, 3.63) is 58.6 Å². The fourth-order valence-corrected chi connectivity index (χ4v) is 2.18. The van der Waals surface area contributed by atoms with Crippen LogP contribution < -0.4 is 5.32 Å². The summed E-state index contributed by atoms with van der Waals surface area (Å²) in [6.45, 7) is 0.331. The Kier molecular flexibility index (Phi) is 3.30. The molecular formula is C14H12N4OS. The Morgan fingerprint density at radius 1 is 1.25 bits per heavy atom. The molecule has 0 aliphatic heterocycles. The zero-order chi connectivity index (χ0) is 13.9. The second-order valence-electron chi connectivity index (χ2n) is 4.30. The van der Waals surface area contributed by atoms with E-state index in [4.69, 9.17) is 12.2 Å². The highest BCUT2D eigenvalue weighted by atomic mass is 32.1. The average molecular weight is 284 g/mol. The van der Waals surface area contributed by atoms with Gasteiger partial charge in [-0.1, -0.05) is 24.4 Å². The summed E-state index contributed by atoms with van der Waals surface area (Å²) < 4.78 is 0.426. The molecule has 1 amide bonds. The molecule has 0 bridgehead atoms. The van der Waals surface area contributed by atoms with E-state index in [1.807, 2.05) is 24.3 Å². The van der Waals surface area contributed by atoms with E-state index in [-0.39, 0.29) is 5.91 Å². The number of carbonyl (C=O) groups is 1. The first-order chi connectivity index (χ1) is 9.74. The van der Waals surface area contributed by atoms with Gasteiger partial charge in [-0.15, -0.1) is 0 Å². The molecule has 5 nitrogen and oxygen atoms in total. The van der Waals surface area contributed by atoms with Gasteiger partial charge in [0.25, 0.3) is 5.91 Å². The van der Waals surface area contributed by atoms with Crippen LogP contribution in [-0.2, 0) is 6.54 Å². The SMILES string of the molecule is O=C(NCc1nc2ccccc2[nH]1)c1ccc[nH]c1=S. The average Bonchev–Trinajstić information content (AvgIpc) is 2.88. The quantitative estimate of drug-likeness (QED) is 0.647. The van der Waals surface area contributed by atoms with Crippen LogP contribution in [0.4, 0.5) is 0 Å². The molecule has 3 rings (SSSR count). The van der Waals surface area contributed by atoms with Crippen LogP contribution in [0.1, 0.15) is 16.2 Å². The fourth-order valence-electron chi connectivity index (χ4n) is 1.95. The number of aromatic amines is 2. The predicted octanol–water partition coefficient (Wildman–Crippen LogP) is 2.55. The first kappa shape index (κ1) is 12.6. The number of nitrogens with one attached hydrogen (secondary N) is 3. The van der Waals surface area contributed by atoms with Gasteiger partial charge in [0, 0.05) is 6.20 Å². The molecule has 2 heterocycles. The summed E-state index contributed by atoms with van der Waals surface area (Å²) in [6, 6.07) is 11.2. The van der Waals surface area contributed by atoms with Gasteiger partial charge in [-0.2, -0.15) is 0 Å². The van der Waals surface area contributed by atoms with Crippen LogP contribution in [0.15, 0.2) is 42.6 Å². The van der Waals surface area contributed by atoms with Crippen LogP contribution >= 0.6 is 12.2 Å². The second-order valence-corrected chi connectivity index (χ2v) is 4.70. The summed E-state index contributed by atoms with van der Waals surface area (Å²) in [5.41, 5.74) is 2.29. The van der Waals surface area contributed by atoms with E-state index in [0.29, 0.717) is 22.6 Å². The molecule has 0 aliphatic carbocycles. The lowest BCUT2D eigenvalue weighted by molar-refractivity contribution is 0.0949. The lowest BCUT2D eigenvalue weighted by Gasteiger charge is -2.02. The second kappa shape index (κ2) is 5.26.